The quantitative estimate of drug-likeness (QED) is 0.674. The molecule has 0 amide bonds. The molecule has 0 aliphatic heterocycles. The number of aromatic nitrogens is 2. The fourth-order valence-electron chi connectivity index (χ4n) is 1.000. The van der Waals surface area contributed by atoms with Gasteiger partial charge in [-0.1, -0.05) is 12.1 Å². The molecule has 0 radical (unpaired) electrons. The van der Waals surface area contributed by atoms with Crippen molar-refractivity contribution in [2.24, 2.45) is 0 Å². The third-order valence-electron chi connectivity index (χ3n) is 1.57. The van der Waals surface area contributed by atoms with E-state index in [9.17, 15) is 9.90 Å². The highest BCUT2D eigenvalue weighted by molar-refractivity contribution is 5.61. The summed E-state index contributed by atoms with van der Waals surface area (Å²) in [7, 11) is 0. The van der Waals surface area contributed by atoms with Gasteiger partial charge in [0.05, 0.1) is 5.56 Å². The molecule has 2 rings (SSSR count). The number of phenols is 1. The Morgan fingerprint density at radius 3 is 2.77 bits per heavy atom. The molecule has 0 fully saturated rings. The Bertz CT molecular complexity index is 472. The second-order valence-corrected chi connectivity index (χ2v) is 2.44. The zero-order chi connectivity index (χ0) is 9.26. The van der Waals surface area contributed by atoms with Crippen molar-refractivity contribution in [3.63, 3.8) is 0 Å². The molecule has 0 spiro atoms. The molecule has 0 aliphatic carbocycles. The largest absolute Gasteiger partial charge is 0.507 e. The maximum absolute atomic E-state index is 10.6. The van der Waals surface area contributed by atoms with Crippen LogP contribution in [0.25, 0.3) is 11.5 Å². The predicted molar refractivity (Wildman–Crippen MR) is 44.2 cm³/mol. The minimum Gasteiger partial charge on any atom is -0.507 e. The Morgan fingerprint density at radius 1 is 1.38 bits per heavy atom. The molecule has 1 aromatic heterocycles. The summed E-state index contributed by atoms with van der Waals surface area (Å²) in [6.07, 6.45) is 0. The van der Waals surface area contributed by atoms with E-state index in [2.05, 4.69) is 14.6 Å². The highest BCUT2D eigenvalue weighted by Crippen LogP contribution is 2.25. The number of rotatable bonds is 1. The summed E-state index contributed by atoms with van der Waals surface area (Å²) >= 11 is 0. The van der Waals surface area contributed by atoms with Crippen molar-refractivity contribution in [1.82, 2.24) is 10.2 Å². The molecule has 1 aromatic carbocycles. The molecule has 0 unspecified atom stereocenters. The molecule has 0 atom stereocenters. The molecule has 2 aromatic rings. The Labute approximate surface area is 72.6 Å². The zero-order valence-corrected chi connectivity index (χ0v) is 6.52. The van der Waals surface area contributed by atoms with E-state index >= 15 is 0 Å². The molecule has 1 heterocycles. The van der Waals surface area contributed by atoms with Gasteiger partial charge in [0, 0.05) is 0 Å². The van der Waals surface area contributed by atoms with Crippen LogP contribution >= 0.6 is 0 Å². The molecule has 0 saturated heterocycles. The lowest BCUT2D eigenvalue weighted by molar-refractivity contribution is 0.470. The molecule has 5 heteroatoms. The van der Waals surface area contributed by atoms with Crippen LogP contribution in [0.2, 0.25) is 0 Å². The van der Waals surface area contributed by atoms with Crippen LogP contribution in [0.3, 0.4) is 0 Å². The molecule has 0 saturated carbocycles. The topological polar surface area (TPSA) is 79.1 Å². The normalized spacial score (nSPS) is 10.2. The number of hydrogen-bond acceptors (Lipinski definition) is 4. The average molecular weight is 178 g/mol. The summed E-state index contributed by atoms with van der Waals surface area (Å²) < 4.78 is 4.67. The first kappa shape index (κ1) is 7.60. The van der Waals surface area contributed by atoms with E-state index in [4.69, 9.17) is 0 Å². The molecule has 13 heavy (non-hydrogen) atoms. The van der Waals surface area contributed by atoms with Gasteiger partial charge in [0.2, 0.25) is 0 Å². The van der Waals surface area contributed by atoms with Crippen molar-refractivity contribution >= 4 is 0 Å². The molecule has 5 nitrogen and oxygen atoms in total. The Balaban J connectivity index is 2.58. The van der Waals surface area contributed by atoms with Crippen LogP contribution in [0.5, 0.6) is 5.75 Å². The number of phenolic OH excluding ortho intramolecular Hbond substituents is 1. The van der Waals surface area contributed by atoms with E-state index in [0.29, 0.717) is 5.56 Å². The highest BCUT2D eigenvalue weighted by Gasteiger charge is 2.08. The Hall–Kier alpha value is -2.04. The van der Waals surface area contributed by atoms with Crippen LogP contribution in [0.1, 0.15) is 0 Å². The van der Waals surface area contributed by atoms with Crippen LogP contribution in [0, 0.1) is 0 Å². The van der Waals surface area contributed by atoms with Crippen molar-refractivity contribution in [3.8, 4) is 17.2 Å². The second-order valence-electron chi connectivity index (χ2n) is 2.44. The first-order chi connectivity index (χ1) is 6.27. The van der Waals surface area contributed by atoms with Crippen molar-refractivity contribution in [2.45, 2.75) is 0 Å². The summed E-state index contributed by atoms with van der Waals surface area (Å²) in [4.78, 5) is 10.6. The van der Waals surface area contributed by atoms with Crippen LogP contribution in [0.4, 0.5) is 0 Å². The van der Waals surface area contributed by atoms with E-state index in [1.54, 1.807) is 18.2 Å². The van der Waals surface area contributed by atoms with Crippen molar-refractivity contribution in [3.05, 3.63) is 34.8 Å². The number of benzene rings is 1. The van der Waals surface area contributed by atoms with E-state index in [-0.39, 0.29) is 11.6 Å². The minimum atomic E-state index is -0.641. The van der Waals surface area contributed by atoms with Gasteiger partial charge in [-0.3, -0.25) is 0 Å². The van der Waals surface area contributed by atoms with Gasteiger partial charge in [0.25, 0.3) is 5.89 Å². The summed E-state index contributed by atoms with van der Waals surface area (Å²) in [6.45, 7) is 0. The van der Waals surface area contributed by atoms with Crippen molar-refractivity contribution in [2.75, 3.05) is 0 Å². The number of nitrogens with zero attached hydrogens (tertiary/aromatic N) is 1. The van der Waals surface area contributed by atoms with Gasteiger partial charge in [-0.15, -0.1) is 5.10 Å². The molecule has 0 aliphatic rings. The lowest BCUT2D eigenvalue weighted by Gasteiger charge is -1.96. The van der Waals surface area contributed by atoms with Gasteiger partial charge in [0.1, 0.15) is 5.75 Å². The Morgan fingerprint density at radius 2 is 2.15 bits per heavy atom. The number of aromatic amines is 1. The SMILES string of the molecule is O=c1[nH]nc(-c2ccccc2O)o1. The van der Waals surface area contributed by atoms with Gasteiger partial charge in [-0.2, -0.15) is 0 Å². The monoisotopic (exact) mass is 178 g/mol. The lowest BCUT2D eigenvalue weighted by atomic mass is 10.2. The second kappa shape index (κ2) is 2.78. The van der Waals surface area contributed by atoms with Crippen LogP contribution in [-0.4, -0.2) is 15.3 Å². The first-order valence-corrected chi connectivity index (χ1v) is 3.61. The maximum atomic E-state index is 10.6. The molecule has 2 N–H and O–H groups in total. The van der Waals surface area contributed by atoms with E-state index < -0.39 is 5.76 Å². The van der Waals surface area contributed by atoms with Gasteiger partial charge in [0.15, 0.2) is 0 Å². The molecule has 0 bridgehead atoms. The van der Waals surface area contributed by atoms with Crippen LogP contribution < -0.4 is 5.76 Å². The summed E-state index contributed by atoms with van der Waals surface area (Å²) in [5.74, 6) is -0.529. The van der Waals surface area contributed by atoms with Crippen LogP contribution in [-0.2, 0) is 0 Å². The van der Waals surface area contributed by atoms with Crippen molar-refractivity contribution in [1.29, 1.82) is 0 Å². The summed E-state index contributed by atoms with van der Waals surface area (Å²) in [5.41, 5.74) is 0.390. The molecular weight excluding hydrogens is 172 g/mol. The molecule has 66 valence electrons. The number of aromatic hydroxyl groups is 1. The fourth-order valence-corrected chi connectivity index (χ4v) is 1.000. The third-order valence-corrected chi connectivity index (χ3v) is 1.57. The average Bonchev–Trinajstić information content (AvgIpc) is 2.53. The van der Waals surface area contributed by atoms with E-state index in [0.717, 1.165) is 0 Å². The number of nitrogens with one attached hydrogen (secondary N) is 1. The fraction of sp³-hybridized carbons (Fsp3) is 0. The van der Waals surface area contributed by atoms with Crippen molar-refractivity contribution < 1.29 is 9.52 Å². The number of H-pyrrole nitrogens is 1. The van der Waals surface area contributed by atoms with E-state index in [1.165, 1.54) is 6.07 Å². The van der Waals surface area contributed by atoms with Gasteiger partial charge >= 0.3 is 5.76 Å². The maximum Gasteiger partial charge on any atom is 0.434 e. The highest BCUT2D eigenvalue weighted by atomic mass is 16.4. The summed E-state index contributed by atoms with van der Waals surface area (Å²) in [6, 6.07) is 6.48. The number of hydrogen-bond donors (Lipinski definition) is 2. The van der Waals surface area contributed by atoms with Gasteiger partial charge in [-0.25, -0.2) is 9.89 Å². The lowest BCUT2D eigenvalue weighted by Crippen LogP contribution is -1.93. The molecular formula is C8H6N2O3. The third kappa shape index (κ3) is 1.31. The van der Waals surface area contributed by atoms with Gasteiger partial charge < -0.3 is 9.52 Å². The Kier molecular flexibility index (Phi) is 1.63. The summed E-state index contributed by atoms with van der Waals surface area (Å²) in [5, 5.41) is 15.1. The standard InChI is InChI=1S/C8H6N2O3/c11-6-4-2-1-3-5(6)7-9-10-8(12)13-7/h1-4,11H,(H,10,12). The number of para-hydroxylation sites is 1. The zero-order valence-electron chi connectivity index (χ0n) is 6.52. The smallest absolute Gasteiger partial charge is 0.434 e. The van der Waals surface area contributed by atoms with E-state index in [1.807, 2.05) is 0 Å². The first-order valence-electron chi connectivity index (χ1n) is 3.61. The van der Waals surface area contributed by atoms with Crippen LogP contribution in [0.15, 0.2) is 33.5 Å². The van der Waals surface area contributed by atoms with Gasteiger partial charge in [-0.05, 0) is 12.1 Å². The minimum absolute atomic E-state index is 0.0257. The predicted octanol–water partition coefficient (Wildman–Crippen LogP) is 0.735.